The molecule has 3 aromatic rings. The van der Waals surface area contributed by atoms with E-state index in [0.717, 1.165) is 13.0 Å². The van der Waals surface area contributed by atoms with Gasteiger partial charge < -0.3 is 14.6 Å². The van der Waals surface area contributed by atoms with Crippen LogP contribution in [-0.4, -0.2) is 26.6 Å². The lowest BCUT2D eigenvalue weighted by Gasteiger charge is -2.13. The van der Waals surface area contributed by atoms with Crippen LogP contribution >= 0.6 is 0 Å². The van der Waals surface area contributed by atoms with Gasteiger partial charge >= 0.3 is 10.1 Å². The van der Waals surface area contributed by atoms with Crippen LogP contribution in [0.15, 0.2) is 89.8 Å². The Morgan fingerprint density at radius 2 is 1.46 bits per heavy atom. The van der Waals surface area contributed by atoms with Crippen molar-refractivity contribution in [2.24, 2.45) is 0 Å². The summed E-state index contributed by atoms with van der Waals surface area (Å²) in [6.45, 7) is 1.17. The summed E-state index contributed by atoms with van der Waals surface area (Å²) in [5.74, 6) is 0.205. The predicted molar refractivity (Wildman–Crippen MR) is 109 cm³/mol. The summed E-state index contributed by atoms with van der Waals surface area (Å²) in [5.41, 5.74) is 1.93. The minimum Gasteiger partial charge on any atom is -0.387 e. The third-order valence-electron chi connectivity index (χ3n) is 4.27. The van der Waals surface area contributed by atoms with Gasteiger partial charge in [-0.2, -0.15) is 8.42 Å². The van der Waals surface area contributed by atoms with Crippen LogP contribution in [0.5, 0.6) is 5.75 Å². The fourth-order valence-corrected chi connectivity index (χ4v) is 3.69. The van der Waals surface area contributed by atoms with E-state index in [4.69, 9.17) is 4.18 Å². The highest BCUT2D eigenvalue weighted by Gasteiger charge is 2.16. The van der Waals surface area contributed by atoms with Crippen LogP contribution in [0.1, 0.15) is 17.2 Å². The smallest absolute Gasteiger partial charge is 0.339 e. The van der Waals surface area contributed by atoms with Crippen LogP contribution in [0.25, 0.3) is 0 Å². The standard InChI is InChI=1S/C22H23NO4S/c24-22(17-23-16-15-18-7-3-1-4-8-18)19-11-13-20(14-12-19)27-28(25,26)21-9-5-2-6-10-21/h1-14,22-24H,15-17H2/t22-/m0/s1. The largest absolute Gasteiger partial charge is 0.387 e. The minimum atomic E-state index is -3.87. The first kappa shape index (κ1) is 20.1. The molecule has 6 heteroatoms. The van der Waals surface area contributed by atoms with E-state index in [1.54, 1.807) is 42.5 Å². The molecule has 2 N–H and O–H groups in total. The van der Waals surface area contributed by atoms with Gasteiger partial charge in [-0.05, 0) is 48.4 Å². The zero-order chi connectivity index (χ0) is 19.8. The predicted octanol–water partition coefficient (Wildman–Crippen LogP) is 3.32. The first-order valence-electron chi connectivity index (χ1n) is 9.07. The molecule has 0 aliphatic carbocycles. The van der Waals surface area contributed by atoms with E-state index in [9.17, 15) is 13.5 Å². The Bertz CT molecular complexity index is 958. The average molecular weight is 397 g/mol. The lowest BCUT2D eigenvalue weighted by molar-refractivity contribution is 0.175. The van der Waals surface area contributed by atoms with Crippen LogP contribution in [0.4, 0.5) is 0 Å². The van der Waals surface area contributed by atoms with Crippen LogP contribution in [0, 0.1) is 0 Å². The molecule has 146 valence electrons. The van der Waals surface area contributed by atoms with Crippen molar-refractivity contribution < 1.29 is 17.7 Å². The fraction of sp³-hybridized carbons (Fsp3) is 0.182. The zero-order valence-corrected chi connectivity index (χ0v) is 16.2. The van der Waals surface area contributed by atoms with E-state index in [1.807, 2.05) is 18.2 Å². The summed E-state index contributed by atoms with van der Waals surface area (Å²) in [6.07, 6.45) is 0.202. The lowest BCUT2D eigenvalue weighted by atomic mass is 10.1. The summed E-state index contributed by atoms with van der Waals surface area (Å²) in [7, 11) is -3.87. The van der Waals surface area contributed by atoms with Crippen molar-refractivity contribution >= 4 is 10.1 Å². The van der Waals surface area contributed by atoms with Crippen molar-refractivity contribution in [3.8, 4) is 5.75 Å². The van der Waals surface area contributed by atoms with E-state index in [2.05, 4.69) is 17.4 Å². The molecule has 0 radical (unpaired) electrons. The van der Waals surface area contributed by atoms with E-state index < -0.39 is 16.2 Å². The lowest BCUT2D eigenvalue weighted by Crippen LogP contribution is -2.23. The van der Waals surface area contributed by atoms with E-state index in [0.29, 0.717) is 12.1 Å². The third kappa shape index (κ3) is 5.66. The van der Waals surface area contributed by atoms with Crippen molar-refractivity contribution in [1.82, 2.24) is 5.32 Å². The van der Waals surface area contributed by atoms with Gasteiger partial charge in [-0.3, -0.25) is 0 Å². The molecule has 0 aliphatic rings. The van der Waals surface area contributed by atoms with E-state index >= 15 is 0 Å². The van der Waals surface area contributed by atoms with Gasteiger partial charge in [-0.25, -0.2) is 0 Å². The van der Waals surface area contributed by atoms with Crippen LogP contribution in [0.3, 0.4) is 0 Å². The van der Waals surface area contributed by atoms with E-state index in [1.165, 1.54) is 17.7 Å². The van der Waals surface area contributed by atoms with Gasteiger partial charge in [0.2, 0.25) is 0 Å². The molecule has 3 aromatic carbocycles. The second kappa shape index (κ2) is 9.50. The van der Waals surface area contributed by atoms with Gasteiger partial charge in [-0.15, -0.1) is 0 Å². The molecule has 3 rings (SSSR count). The molecule has 0 saturated heterocycles. The second-order valence-electron chi connectivity index (χ2n) is 6.38. The zero-order valence-electron chi connectivity index (χ0n) is 15.4. The molecule has 0 amide bonds. The third-order valence-corrected chi connectivity index (χ3v) is 5.54. The maximum atomic E-state index is 12.2. The number of rotatable bonds is 9. The average Bonchev–Trinajstić information content (AvgIpc) is 2.73. The molecule has 0 fully saturated rings. The molecule has 0 unspecified atom stereocenters. The van der Waals surface area contributed by atoms with Gasteiger partial charge in [-0.1, -0.05) is 60.7 Å². The van der Waals surface area contributed by atoms with Gasteiger partial charge in [0.1, 0.15) is 10.6 Å². The van der Waals surface area contributed by atoms with Gasteiger partial charge in [0, 0.05) is 6.54 Å². The first-order chi connectivity index (χ1) is 13.5. The van der Waals surface area contributed by atoms with Gasteiger partial charge in [0.05, 0.1) is 6.10 Å². The summed E-state index contributed by atoms with van der Waals surface area (Å²) >= 11 is 0. The molecule has 5 nitrogen and oxygen atoms in total. The summed E-state index contributed by atoms with van der Waals surface area (Å²) in [4.78, 5) is 0.0988. The second-order valence-corrected chi connectivity index (χ2v) is 7.92. The SMILES string of the molecule is O=S(=O)(Oc1ccc([C@@H](O)CNCCc2ccccc2)cc1)c1ccccc1. The molecule has 0 spiro atoms. The molecule has 0 saturated carbocycles. The van der Waals surface area contributed by atoms with Crippen molar-refractivity contribution in [3.63, 3.8) is 0 Å². The number of hydrogen-bond donors (Lipinski definition) is 2. The number of aliphatic hydroxyl groups excluding tert-OH is 1. The molecule has 0 bridgehead atoms. The minimum absolute atomic E-state index is 0.0988. The van der Waals surface area contributed by atoms with Crippen molar-refractivity contribution in [3.05, 3.63) is 96.1 Å². The number of hydrogen-bond acceptors (Lipinski definition) is 5. The number of aliphatic hydroxyl groups is 1. The maximum absolute atomic E-state index is 12.2. The highest BCUT2D eigenvalue weighted by Crippen LogP contribution is 2.21. The first-order valence-corrected chi connectivity index (χ1v) is 10.5. The molecule has 28 heavy (non-hydrogen) atoms. The Hall–Kier alpha value is -2.67. The number of nitrogens with one attached hydrogen (secondary N) is 1. The molecule has 0 aromatic heterocycles. The van der Waals surface area contributed by atoms with Gasteiger partial charge in [0.25, 0.3) is 0 Å². The fourth-order valence-electron chi connectivity index (χ4n) is 2.74. The Morgan fingerprint density at radius 1 is 0.857 bits per heavy atom. The molecular weight excluding hydrogens is 374 g/mol. The summed E-state index contributed by atoms with van der Waals surface area (Å²) < 4.78 is 29.6. The quantitative estimate of drug-likeness (QED) is 0.428. The van der Waals surface area contributed by atoms with Crippen molar-refractivity contribution in [2.45, 2.75) is 17.4 Å². The Kier molecular flexibility index (Phi) is 6.81. The van der Waals surface area contributed by atoms with Crippen molar-refractivity contribution in [2.75, 3.05) is 13.1 Å². The molecular formula is C22H23NO4S. The topological polar surface area (TPSA) is 75.6 Å². The molecule has 0 aliphatic heterocycles. The highest BCUT2D eigenvalue weighted by atomic mass is 32.2. The summed E-state index contributed by atoms with van der Waals surface area (Å²) in [6, 6.07) is 24.5. The maximum Gasteiger partial charge on any atom is 0.339 e. The molecule has 1 atom stereocenters. The summed E-state index contributed by atoms with van der Waals surface area (Å²) in [5, 5.41) is 13.5. The normalized spacial score (nSPS) is 12.5. The monoisotopic (exact) mass is 397 g/mol. The van der Waals surface area contributed by atoms with Crippen LogP contribution < -0.4 is 9.50 Å². The Balaban J connectivity index is 1.50. The van der Waals surface area contributed by atoms with Crippen molar-refractivity contribution in [1.29, 1.82) is 0 Å². The Morgan fingerprint density at radius 3 is 2.11 bits per heavy atom. The number of benzene rings is 3. The Labute approximate surface area is 165 Å². The van der Waals surface area contributed by atoms with E-state index in [-0.39, 0.29) is 10.6 Å². The van der Waals surface area contributed by atoms with Gasteiger partial charge in [0.15, 0.2) is 0 Å². The molecule has 0 heterocycles. The van der Waals surface area contributed by atoms with Crippen LogP contribution in [-0.2, 0) is 16.5 Å². The van der Waals surface area contributed by atoms with Crippen LogP contribution in [0.2, 0.25) is 0 Å². The highest BCUT2D eigenvalue weighted by molar-refractivity contribution is 7.87.